The molecule has 0 saturated heterocycles. The summed E-state index contributed by atoms with van der Waals surface area (Å²) in [6.07, 6.45) is 1.67. The van der Waals surface area contributed by atoms with Gasteiger partial charge in [0.15, 0.2) is 5.96 Å². The number of methoxy groups -OCH3 is 1. The van der Waals surface area contributed by atoms with Gasteiger partial charge in [0.2, 0.25) is 10.0 Å². The van der Waals surface area contributed by atoms with E-state index in [2.05, 4.69) is 39.4 Å². The van der Waals surface area contributed by atoms with Crippen LogP contribution >= 0.6 is 24.0 Å². The molecule has 0 spiro atoms. The Labute approximate surface area is 180 Å². The fourth-order valence-electron chi connectivity index (χ4n) is 2.35. The maximum atomic E-state index is 11.3. The van der Waals surface area contributed by atoms with Gasteiger partial charge in [-0.15, -0.1) is 24.0 Å². The molecule has 7 nitrogen and oxygen atoms in total. The van der Waals surface area contributed by atoms with Crippen molar-refractivity contribution in [3.63, 3.8) is 0 Å². The third-order valence-corrected chi connectivity index (χ3v) is 5.53. The number of halogens is 1. The Morgan fingerprint density at radius 3 is 2.33 bits per heavy atom. The summed E-state index contributed by atoms with van der Waals surface area (Å²) in [5.41, 5.74) is 1.28. The molecule has 1 rings (SSSR count). The van der Waals surface area contributed by atoms with Crippen LogP contribution in [0.1, 0.15) is 38.2 Å². The highest BCUT2D eigenvalue weighted by Gasteiger charge is 2.07. The van der Waals surface area contributed by atoms with Gasteiger partial charge in [-0.3, -0.25) is 4.99 Å². The Bertz CT molecular complexity index is 651. The number of nitrogens with zero attached hydrogens (tertiary/aromatic N) is 1. The monoisotopic (exact) mass is 512 g/mol. The first-order valence-electron chi connectivity index (χ1n) is 8.97. The largest absolute Gasteiger partial charge is 0.497 e. The van der Waals surface area contributed by atoms with Crippen LogP contribution in [-0.4, -0.2) is 53.9 Å². The zero-order valence-electron chi connectivity index (χ0n) is 16.6. The molecule has 1 atom stereocenters. The number of aliphatic imine (C=N–C) groups is 1. The first-order chi connectivity index (χ1) is 12.4. The summed E-state index contributed by atoms with van der Waals surface area (Å²) < 4.78 is 30.4. The number of hydrogen-bond donors (Lipinski definition) is 3. The van der Waals surface area contributed by atoms with Gasteiger partial charge in [-0.2, -0.15) is 0 Å². The van der Waals surface area contributed by atoms with E-state index in [-0.39, 0.29) is 29.7 Å². The van der Waals surface area contributed by atoms with Crippen molar-refractivity contribution in [2.24, 2.45) is 4.99 Å². The fraction of sp³-hybridized carbons (Fsp3) is 0.611. The Kier molecular flexibility index (Phi) is 13.4. The average Bonchev–Trinajstić information content (AvgIpc) is 2.66. The number of ether oxygens (including phenoxy) is 1. The van der Waals surface area contributed by atoms with Crippen LogP contribution in [0.4, 0.5) is 0 Å². The van der Waals surface area contributed by atoms with E-state index in [0.717, 1.165) is 24.7 Å². The van der Waals surface area contributed by atoms with Crippen molar-refractivity contribution in [1.29, 1.82) is 0 Å². The number of nitrogens with one attached hydrogen (secondary N) is 3. The number of guanidine groups is 1. The Hall–Kier alpha value is -1.07. The van der Waals surface area contributed by atoms with Gasteiger partial charge in [0, 0.05) is 26.7 Å². The predicted octanol–water partition coefficient (Wildman–Crippen LogP) is 2.30. The highest BCUT2D eigenvalue weighted by molar-refractivity contribution is 14.0. The van der Waals surface area contributed by atoms with E-state index >= 15 is 0 Å². The molecule has 0 saturated carbocycles. The zero-order chi connectivity index (χ0) is 19.4. The van der Waals surface area contributed by atoms with E-state index in [9.17, 15) is 8.42 Å². The minimum absolute atomic E-state index is 0. The molecule has 0 aliphatic carbocycles. The van der Waals surface area contributed by atoms with E-state index in [4.69, 9.17) is 4.74 Å². The summed E-state index contributed by atoms with van der Waals surface area (Å²) in [5.74, 6) is 2.13. The van der Waals surface area contributed by atoms with E-state index in [1.807, 2.05) is 12.1 Å². The minimum atomic E-state index is -3.11. The lowest BCUT2D eigenvalue weighted by Crippen LogP contribution is -2.39. The molecule has 0 bridgehead atoms. The zero-order valence-corrected chi connectivity index (χ0v) is 19.8. The summed E-state index contributed by atoms with van der Waals surface area (Å²) in [6, 6.07) is 8.14. The number of benzene rings is 1. The molecule has 1 aromatic carbocycles. The lowest BCUT2D eigenvalue weighted by molar-refractivity contribution is 0.414. The predicted molar refractivity (Wildman–Crippen MR) is 123 cm³/mol. The highest BCUT2D eigenvalue weighted by Crippen LogP contribution is 2.21. The van der Waals surface area contributed by atoms with Gasteiger partial charge in [-0.25, -0.2) is 13.1 Å². The van der Waals surface area contributed by atoms with Gasteiger partial charge >= 0.3 is 0 Å². The first-order valence-corrected chi connectivity index (χ1v) is 10.6. The second-order valence-electron chi connectivity index (χ2n) is 6.04. The molecule has 156 valence electrons. The van der Waals surface area contributed by atoms with E-state index < -0.39 is 10.0 Å². The van der Waals surface area contributed by atoms with Crippen LogP contribution in [0, 0.1) is 0 Å². The molecule has 0 fully saturated rings. The first kappa shape index (κ1) is 25.9. The molecule has 3 N–H and O–H groups in total. The van der Waals surface area contributed by atoms with Crippen LogP contribution in [0.5, 0.6) is 5.75 Å². The van der Waals surface area contributed by atoms with Crippen molar-refractivity contribution >= 4 is 40.0 Å². The van der Waals surface area contributed by atoms with Crippen LogP contribution in [0.25, 0.3) is 0 Å². The van der Waals surface area contributed by atoms with E-state index in [0.29, 0.717) is 25.4 Å². The topological polar surface area (TPSA) is 91.8 Å². The molecule has 0 aliphatic heterocycles. The lowest BCUT2D eigenvalue weighted by atomic mass is 9.98. The van der Waals surface area contributed by atoms with E-state index in [1.54, 1.807) is 21.1 Å². The van der Waals surface area contributed by atoms with Gasteiger partial charge in [-0.1, -0.05) is 19.1 Å². The Morgan fingerprint density at radius 2 is 1.78 bits per heavy atom. The van der Waals surface area contributed by atoms with Crippen molar-refractivity contribution in [3.05, 3.63) is 29.8 Å². The molecule has 0 aliphatic rings. The molecule has 9 heteroatoms. The molecule has 0 radical (unpaired) electrons. The van der Waals surface area contributed by atoms with Crippen molar-refractivity contribution in [2.75, 3.05) is 39.5 Å². The quantitative estimate of drug-likeness (QED) is 0.183. The summed E-state index contributed by atoms with van der Waals surface area (Å²) in [5, 5.41) is 6.48. The van der Waals surface area contributed by atoms with Crippen molar-refractivity contribution in [1.82, 2.24) is 15.4 Å². The molecule has 27 heavy (non-hydrogen) atoms. The minimum Gasteiger partial charge on any atom is -0.497 e. The fourth-order valence-corrected chi connectivity index (χ4v) is 3.01. The third-order valence-electron chi connectivity index (χ3n) is 4.13. The molecule has 0 heterocycles. The molecule has 1 aromatic rings. The maximum Gasteiger partial charge on any atom is 0.211 e. The molecular weight excluding hydrogens is 479 g/mol. The van der Waals surface area contributed by atoms with Crippen LogP contribution < -0.4 is 20.1 Å². The van der Waals surface area contributed by atoms with Crippen LogP contribution in [0.3, 0.4) is 0 Å². The molecular formula is C18H33IN4O3S. The van der Waals surface area contributed by atoms with Gasteiger partial charge in [0.1, 0.15) is 5.75 Å². The SMILES string of the molecule is CCS(=O)(=O)NCCCNC(=NC)NCCC(C)c1ccc(OC)cc1.I. The highest BCUT2D eigenvalue weighted by atomic mass is 127. The third kappa shape index (κ3) is 10.7. The lowest BCUT2D eigenvalue weighted by Gasteiger charge is -2.15. The Balaban J connectivity index is 0.00000676. The molecule has 0 amide bonds. The second kappa shape index (κ2) is 14.0. The van der Waals surface area contributed by atoms with Gasteiger partial charge in [0.05, 0.1) is 12.9 Å². The summed E-state index contributed by atoms with van der Waals surface area (Å²) in [4.78, 5) is 4.18. The van der Waals surface area contributed by atoms with E-state index in [1.165, 1.54) is 5.56 Å². The smallest absolute Gasteiger partial charge is 0.211 e. The second-order valence-corrected chi connectivity index (χ2v) is 8.14. The Morgan fingerprint density at radius 1 is 1.15 bits per heavy atom. The summed E-state index contributed by atoms with van der Waals surface area (Å²) in [6.45, 7) is 5.70. The molecule has 1 unspecified atom stereocenters. The summed E-state index contributed by atoms with van der Waals surface area (Å²) in [7, 11) is 0.279. The van der Waals surface area contributed by atoms with Gasteiger partial charge in [-0.05, 0) is 43.4 Å². The number of sulfonamides is 1. The standard InChI is InChI=1S/C18H32N4O3S.HI/c1-5-26(23,24)22-13-6-12-20-18(19-3)21-14-11-15(2)16-7-9-17(25-4)10-8-16;/h7-10,15,22H,5-6,11-14H2,1-4H3,(H2,19,20,21);1H. The average molecular weight is 512 g/mol. The van der Waals surface area contributed by atoms with Crippen LogP contribution in [-0.2, 0) is 10.0 Å². The number of hydrogen-bond acceptors (Lipinski definition) is 4. The van der Waals surface area contributed by atoms with Crippen molar-refractivity contribution < 1.29 is 13.2 Å². The van der Waals surface area contributed by atoms with Crippen molar-refractivity contribution in [2.45, 2.75) is 32.6 Å². The summed E-state index contributed by atoms with van der Waals surface area (Å²) >= 11 is 0. The normalized spacial score (nSPS) is 12.8. The number of rotatable bonds is 11. The van der Waals surface area contributed by atoms with Crippen LogP contribution in [0.15, 0.2) is 29.3 Å². The maximum absolute atomic E-state index is 11.3. The van der Waals surface area contributed by atoms with Gasteiger partial charge < -0.3 is 15.4 Å². The molecule has 0 aromatic heterocycles. The van der Waals surface area contributed by atoms with Crippen LogP contribution in [0.2, 0.25) is 0 Å². The van der Waals surface area contributed by atoms with Gasteiger partial charge in [0.25, 0.3) is 0 Å². The van der Waals surface area contributed by atoms with Crippen molar-refractivity contribution in [3.8, 4) is 5.75 Å².